The van der Waals surface area contributed by atoms with Crippen LogP contribution in [0.25, 0.3) is 0 Å². The molecule has 2 aromatic rings. The highest BCUT2D eigenvalue weighted by atomic mass is 16.4. The van der Waals surface area contributed by atoms with Crippen molar-refractivity contribution in [1.29, 1.82) is 0 Å². The number of hydrogen-bond donors (Lipinski definition) is 8. The standard InChI is InChI=1S/C34H50N8O8/c1-6-19(4)28(41-29(44)24(39-31(46)27(35)18(2)3)14-21-9-11-23(43)12-10-21)32(47)40-25(15-22-16-36-17-37-22)33(48)42-13-7-8-26(42)30(45)38-20(5)34(49)50/h9-12,16-20,24-28,43H,6-8,13-15,35H2,1-5H3,(H,36,37)(H,38,45)(H,39,46)(H,40,47)(H,41,44)(H,49,50)/t19?,20-,24-,25-,26-,27-,28-/m0/s1. The normalized spacial score (nSPS) is 17.9. The molecule has 1 aliphatic rings. The van der Waals surface area contributed by atoms with Gasteiger partial charge in [0, 0.05) is 25.6 Å². The first kappa shape index (κ1) is 39.4. The van der Waals surface area contributed by atoms with Crippen molar-refractivity contribution in [2.75, 3.05) is 6.54 Å². The molecule has 50 heavy (non-hydrogen) atoms. The van der Waals surface area contributed by atoms with E-state index in [1.54, 1.807) is 39.1 Å². The van der Waals surface area contributed by atoms with Gasteiger partial charge in [-0.2, -0.15) is 0 Å². The van der Waals surface area contributed by atoms with Gasteiger partial charge in [-0.3, -0.25) is 28.8 Å². The van der Waals surface area contributed by atoms with Gasteiger partial charge < -0.3 is 47.1 Å². The molecule has 0 saturated carbocycles. The summed E-state index contributed by atoms with van der Waals surface area (Å²) in [4.78, 5) is 87.5. The average Bonchev–Trinajstić information content (AvgIpc) is 3.79. The van der Waals surface area contributed by atoms with Crippen LogP contribution in [0.2, 0.25) is 0 Å². The molecule has 2 heterocycles. The lowest BCUT2D eigenvalue weighted by molar-refractivity contribution is -0.144. The Labute approximate surface area is 291 Å². The highest BCUT2D eigenvalue weighted by Gasteiger charge is 2.40. The Hall–Kier alpha value is -4.99. The van der Waals surface area contributed by atoms with Crippen LogP contribution in [0.5, 0.6) is 5.75 Å². The quantitative estimate of drug-likeness (QED) is 0.110. The van der Waals surface area contributed by atoms with Crippen molar-refractivity contribution in [3.05, 3.63) is 48.0 Å². The predicted molar refractivity (Wildman–Crippen MR) is 182 cm³/mol. The third-order valence-corrected chi connectivity index (χ3v) is 8.97. The number of aromatic hydroxyl groups is 1. The first-order valence-corrected chi connectivity index (χ1v) is 16.9. The number of phenolic OH excluding ortho intramolecular Hbond substituents is 1. The monoisotopic (exact) mass is 698 g/mol. The Morgan fingerprint density at radius 1 is 0.940 bits per heavy atom. The highest BCUT2D eigenvalue weighted by molar-refractivity contribution is 5.96. The molecule has 0 bridgehead atoms. The van der Waals surface area contributed by atoms with E-state index in [1.807, 2.05) is 6.92 Å². The lowest BCUT2D eigenvalue weighted by Gasteiger charge is -2.31. The molecule has 274 valence electrons. The number of aromatic amines is 1. The zero-order chi connectivity index (χ0) is 37.1. The fourth-order valence-corrected chi connectivity index (χ4v) is 5.55. The zero-order valence-electron chi connectivity index (χ0n) is 29.1. The zero-order valence-corrected chi connectivity index (χ0v) is 29.1. The van der Waals surface area contributed by atoms with Crippen LogP contribution >= 0.6 is 0 Å². The molecule has 1 unspecified atom stereocenters. The minimum atomic E-state index is -1.22. The number of carboxylic acid groups (broad SMARTS) is 1. The maximum absolute atomic E-state index is 14.0. The van der Waals surface area contributed by atoms with E-state index in [0.29, 0.717) is 30.5 Å². The van der Waals surface area contributed by atoms with Gasteiger partial charge in [-0.25, -0.2) is 4.98 Å². The molecule has 1 aromatic heterocycles. The summed E-state index contributed by atoms with van der Waals surface area (Å²) >= 11 is 0. The minimum absolute atomic E-state index is 0.0295. The summed E-state index contributed by atoms with van der Waals surface area (Å²) in [5, 5.41) is 29.7. The van der Waals surface area contributed by atoms with Crippen molar-refractivity contribution >= 4 is 35.5 Å². The van der Waals surface area contributed by atoms with E-state index in [-0.39, 0.29) is 31.1 Å². The summed E-state index contributed by atoms with van der Waals surface area (Å²) in [5.41, 5.74) is 7.16. The Balaban J connectivity index is 1.86. The van der Waals surface area contributed by atoms with Crippen LogP contribution in [0, 0.1) is 11.8 Å². The molecule has 0 aliphatic carbocycles. The number of carbonyl (C=O) groups excluding carboxylic acids is 5. The largest absolute Gasteiger partial charge is 0.508 e. The van der Waals surface area contributed by atoms with Crippen LogP contribution in [-0.4, -0.2) is 103 Å². The number of nitrogens with one attached hydrogen (secondary N) is 5. The summed E-state index contributed by atoms with van der Waals surface area (Å²) in [6, 6.07) is -0.294. The van der Waals surface area contributed by atoms with Crippen molar-refractivity contribution in [3.8, 4) is 5.75 Å². The van der Waals surface area contributed by atoms with Gasteiger partial charge in [0.05, 0.1) is 18.1 Å². The van der Waals surface area contributed by atoms with Crippen molar-refractivity contribution in [1.82, 2.24) is 36.1 Å². The Kier molecular flexibility index (Phi) is 14.3. The molecule has 16 nitrogen and oxygen atoms in total. The van der Waals surface area contributed by atoms with Gasteiger partial charge in [-0.1, -0.05) is 46.2 Å². The molecule has 1 saturated heterocycles. The van der Waals surface area contributed by atoms with E-state index in [4.69, 9.17) is 5.73 Å². The Morgan fingerprint density at radius 3 is 2.18 bits per heavy atom. The second-order valence-corrected chi connectivity index (χ2v) is 13.2. The number of likely N-dealkylation sites (tertiary alicyclic amines) is 1. The molecule has 7 atom stereocenters. The number of nitrogens with zero attached hydrogens (tertiary/aromatic N) is 2. The van der Waals surface area contributed by atoms with Crippen molar-refractivity contribution in [3.63, 3.8) is 0 Å². The Morgan fingerprint density at radius 2 is 1.60 bits per heavy atom. The number of benzene rings is 1. The molecule has 0 radical (unpaired) electrons. The molecule has 1 aromatic carbocycles. The Bertz CT molecular complexity index is 1480. The lowest BCUT2D eigenvalue weighted by atomic mass is 9.96. The molecule has 16 heteroatoms. The molecular formula is C34H50N8O8. The summed E-state index contributed by atoms with van der Waals surface area (Å²) in [7, 11) is 0. The second kappa shape index (κ2) is 18.1. The maximum atomic E-state index is 14.0. The van der Waals surface area contributed by atoms with E-state index in [0.717, 1.165) is 0 Å². The van der Waals surface area contributed by atoms with Gasteiger partial charge in [0.15, 0.2) is 0 Å². The summed E-state index contributed by atoms with van der Waals surface area (Å²) in [5.74, 6) is -4.84. The topological polar surface area (TPSA) is 249 Å². The van der Waals surface area contributed by atoms with Gasteiger partial charge in [0.2, 0.25) is 29.5 Å². The lowest BCUT2D eigenvalue weighted by Crippen LogP contribution is -2.61. The van der Waals surface area contributed by atoms with Crippen LogP contribution in [-0.2, 0) is 41.6 Å². The number of rotatable bonds is 17. The van der Waals surface area contributed by atoms with Gasteiger partial charge in [0.1, 0.15) is 36.0 Å². The molecule has 5 amide bonds. The van der Waals surface area contributed by atoms with E-state index in [9.17, 15) is 39.0 Å². The van der Waals surface area contributed by atoms with Crippen LogP contribution in [0.3, 0.4) is 0 Å². The summed E-state index contributed by atoms with van der Waals surface area (Å²) in [6.45, 7) is 8.69. The van der Waals surface area contributed by atoms with Gasteiger partial charge >= 0.3 is 5.97 Å². The van der Waals surface area contributed by atoms with E-state index >= 15 is 0 Å². The van der Waals surface area contributed by atoms with Gasteiger partial charge in [-0.15, -0.1) is 0 Å². The number of aromatic nitrogens is 2. The van der Waals surface area contributed by atoms with Crippen molar-refractivity contribution in [2.24, 2.45) is 17.6 Å². The minimum Gasteiger partial charge on any atom is -0.508 e. The molecule has 3 rings (SSSR count). The van der Waals surface area contributed by atoms with Crippen LogP contribution in [0.4, 0.5) is 0 Å². The predicted octanol–water partition coefficient (Wildman–Crippen LogP) is -0.0354. The molecule has 1 fully saturated rings. The van der Waals surface area contributed by atoms with Crippen molar-refractivity contribution < 1.29 is 39.0 Å². The number of aliphatic carboxylic acids is 1. The number of amides is 5. The highest BCUT2D eigenvalue weighted by Crippen LogP contribution is 2.21. The number of imidazole rings is 1. The van der Waals surface area contributed by atoms with E-state index in [1.165, 1.54) is 30.3 Å². The maximum Gasteiger partial charge on any atom is 0.325 e. The van der Waals surface area contributed by atoms with Crippen LogP contribution < -0.4 is 27.0 Å². The molecular weight excluding hydrogens is 648 g/mol. The second-order valence-electron chi connectivity index (χ2n) is 13.2. The van der Waals surface area contributed by atoms with Gasteiger partial charge in [0.25, 0.3) is 0 Å². The number of phenols is 1. The average molecular weight is 699 g/mol. The molecule has 9 N–H and O–H groups in total. The molecule has 0 spiro atoms. The first-order chi connectivity index (χ1) is 23.6. The SMILES string of the molecule is CCC(C)[C@H](NC(=O)[C@H](Cc1ccc(O)cc1)NC(=O)[C@@H](N)C(C)C)C(=O)N[C@@H](Cc1c[nH]cn1)C(=O)N1CCC[C@H]1C(=O)N[C@@H](C)C(=O)O. The number of carbonyl (C=O) groups is 6. The fraction of sp³-hybridized carbons (Fsp3) is 0.559. The number of carboxylic acids is 1. The van der Waals surface area contributed by atoms with E-state index in [2.05, 4.69) is 31.2 Å². The summed E-state index contributed by atoms with van der Waals surface area (Å²) in [6.07, 6.45) is 4.28. The third-order valence-electron chi connectivity index (χ3n) is 8.97. The fourth-order valence-electron chi connectivity index (χ4n) is 5.55. The van der Waals surface area contributed by atoms with Crippen LogP contribution in [0.15, 0.2) is 36.8 Å². The third kappa shape index (κ3) is 10.8. The number of hydrogen-bond acceptors (Lipinski definition) is 9. The van der Waals surface area contributed by atoms with Crippen molar-refractivity contribution in [2.45, 2.75) is 103 Å². The molecule has 1 aliphatic heterocycles. The van der Waals surface area contributed by atoms with Crippen LogP contribution in [0.1, 0.15) is 65.1 Å². The van der Waals surface area contributed by atoms with Gasteiger partial charge in [-0.05, 0) is 49.3 Å². The van der Waals surface area contributed by atoms with E-state index < -0.39 is 77.7 Å². The number of H-pyrrole nitrogens is 1. The smallest absolute Gasteiger partial charge is 0.325 e. The summed E-state index contributed by atoms with van der Waals surface area (Å²) < 4.78 is 0. The number of nitrogens with two attached hydrogens (primary N) is 1. The first-order valence-electron chi connectivity index (χ1n) is 16.9.